The third-order valence-corrected chi connectivity index (χ3v) is 4.97. The van der Waals surface area contributed by atoms with Crippen LogP contribution >= 0.6 is 0 Å². The Labute approximate surface area is 150 Å². The maximum atomic E-state index is 13.5. The van der Waals surface area contributed by atoms with E-state index in [4.69, 9.17) is 0 Å². The maximum Gasteiger partial charge on any atom is 0.335 e. The first-order chi connectivity index (χ1) is 12.3. The number of benzene rings is 2. The van der Waals surface area contributed by atoms with Crippen molar-refractivity contribution in [3.8, 4) is 0 Å². The molecule has 1 saturated heterocycles. The predicted molar refractivity (Wildman–Crippen MR) is 94.0 cm³/mol. The molecule has 0 saturated carbocycles. The lowest BCUT2D eigenvalue weighted by atomic mass is 9.82. The molecule has 2 N–H and O–H groups in total. The Bertz CT molecular complexity index is 834. The zero-order valence-electron chi connectivity index (χ0n) is 14.4. The Morgan fingerprint density at radius 1 is 1.12 bits per heavy atom. The van der Waals surface area contributed by atoms with E-state index in [0.717, 1.165) is 24.6 Å². The van der Waals surface area contributed by atoms with Crippen molar-refractivity contribution < 1.29 is 24.2 Å². The molecule has 1 heterocycles. The molecule has 6 heteroatoms. The van der Waals surface area contributed by atoms with Crippen LogP contribution in [0, 0.1) is 5.82 Å². The molecule has 1 fully saturated rings. The van der Waals surface area contributed by atoms with Crippen molar-refractivity contribution in [3.63, 3.8) is 0 Å². The Hall–Kier alpha value is -2.73. The van der Waals surface area contributed by atoms with Crippen molar-refractivity contribution in [1.82, 2.24) is 4.90 Å². The van der Waals surface area contributed by atoms with Gasteiger partial charge in [-0.1, -0.05) is 19.1 Å². The molecule has 0 radical (unpaired) electrons. The van der Waals surface area contributed by atoms with Gasteiger partial charge in [-0.25, -0.2) is 14.0 Å². The van der Waals surface area contributed by atoms with E-state index in [2.05, 4.69) is 11.8 Å². The number of halogens is 1. The van der Waals surface area contributed by atoms with Gasteiger partial charge in [0, 0.05) is 18.5 Å². The van der Waals surface area contributed by atoms with Crippen LogP contribution in [0.4, 0.5) is 4.39 Å². The molecule has 1 unspecified atom stereocenters. The van der Waals surface area contributed by atoms with E-state index in [1.165, 1.54) is 18.2 Å². The highest BCUT2D eigenvalue weighted by Crippen LogP contribution is 2.35. The minimum atomic E-state index is -1.15. The second-order valence-corrected chi connectivity index (χ2v) is 7.06. The normalized spacial score (nSPS) is 20.2. The molecule has 2 aromatic carbocycles. The van der Waals surface area contributed by atoms with Gasteiger partial charge in [-0.2, -0.15) is 0 Å². The molecular formula is C20H20FNO4. The van der Waals surface area contributed by atoms with Gasteiger partial charge in [0.25, 0.3) is 0 Å². The predicted octanol–water partition coefficient (Wildman–Crippen LogP) is 3.39. The standard InChI is InChI=1S/C20H20FNO4/c1-20(16-3-2-4-17(21)10-16)5-6-22(12-20)11-13-7-14(18(23)24)9-15(8-13)19(25)26/h2-4,7-10H,5-6,11-12H2,1H3,(H,23,24)(H,25,26). The van der Waals surface area contributed by atoms with E-state index in [1.54, 1.807) is 12.1 Å². The van der Waals surface area contributed by atoms with Crippen LogP contribution < -0.4 is 0 Å². The Kier molecular flexibility index (Phi) is 4.78. The summed E-state index contributed by atoms with van der Waals surface area (Å²) in [6, 6.07) is 10.8. The minimum Gasteiger partial charge on any atom is -0.478 e. The molecule has 2 aromatic rings. The third-order valence-electron chi connectivity index (χ3n) is 4.97. The lowest BCUT2D eigenvalue weighted by molar-refractivity contribution is 0.0696. The van der Waals surface area contributed by atoms with Crippen molar-refractivity contribution >= 4 is 11.9 Å². The van der Waals surface area contributed by atoms with Crippen LogP contribution in [0.1, 0.15) is 45.2 Å². The summed E-state index contributed by atoms with van der Waals surface area (Å²) >= 11 is 0. The van der Waals surface area contributed by atoms with Gasteiger partial charge in [0.2, 0.25) is 0 Å². The number of carboxylic acid groups (broad SMARTS) is 2. The molecule has 26 heavy (non-hydrogen) atoms. The molecule has 0 spiro atoms. The molecule has 0 aromatic heterocycles. The first kappa shape index (κ1) is 18.1. The van der Waals surface area contributed by atoms with Gasteiger partial charge in [-0.05, 0) is 54.4 Å². The molecule has 0 aliphatic carbocycles. The fourth-order valence-corrected chi connectivity index (χ4v) is 3.58. The van der Waals surface area contributed by atoms with Gasteiger partial charge in [-0.3, -0.25) is 4.90 Å². The second-order valence-electron chi connectivity index (χ2n) is 7.06. The van der Waals surface area contributed by atoms with Crippen LogP contribution in [0.5, 0.6) is 0 Å². The smallest absolute Gasteiger partial charge is 0.335 e. The number of aromatic carboxylic acids is 2. The second kappa shape index (κ2) is 6.88. The first-order valence-electron chi connectivity index (χ1n) is 8.36. The average Bonchev–Trinajstić information content (AvgIpc) is 2.96. The number of carbonyl (C=O) groups is 2. The molecular weight excluding hydrogens is 337 g/mol. The summed E-state index contributed by atoms with van der Waals surface area (Å²) in [6.45, 7) is 3.99. The van der Waals surface area contributed by atoms with Crippen molar-refractivity contribution in [2.24, 2.45) is 0 Å². The fourth-order valence-electron chi connectivity index (χ4n) is 3.58. The highest BCUT2D eigenvalue weighted by Gasteiger charge is 2.35. The molecule has 1 aliphatic rings. The summed E-state index contributed by atoms with van der Waals surface area (Å²) in [4.78, 5) is 24.6. The summed E-state index contributed by atoms with van der Waals surface area (Å²) in [5.41, 5.74) is 1.32. The summed E-state index contributed by atoms with van der Waals surface area (Å²) in [5, 5.41) is 18.4. The summed E-state index contributed by atoms with van der Waals surface area (Å²) in [5.74, 6) is -2.57. The molecule has 1 atom stereocenters. The molecule has 0 amide bonds. The maximum absolute atomic E-state index is 13.5. The van der Waals surface area contributed by atoms with Crippen LogP contribution in [0.3, 0.4) is 0 Å². The molecule has 3 rings (SSSR count). The van der Waals surface area contributed by atoms with E-state index >= 15 is 0 Å². The lowest BCUT2D eigenvalue weighted by Gasteiger charge is -2.25. The zero-order valence-corrected chi connectivity index (χ0v) is 14.4. The lowest BCUT2D eigenvalue weighted by Crippen LogP contribution is -2.28. The van der Waals surface area contributed by atoms with Gasteiger partial charge in [0.15, 0.2) is 0 Å². The average molecular weight is 357 g/mol. The summed E-state index contributed by atoms with van der Waals surface area (Å²) in [6.07, 6.45) is 0.848. The minimum absolute atomic E-state index is 0.0352. The van der Waals surface area contributed by atoms with E-state index in [9.17, 15) is 24.2 Å². The SMILES string of the molecule is CC1(c2cccc(F)c2)CCN(Cc2cc(C(=O)O)cc(C(=O)O)c2)C1. The topological polar surface area (TPSA) is 77.8 Å². The molecule has 0 bridgehead atoms. The van der Waals surface area contributed by atoms with E-state index in [0.29, 0.717) is 18.7 Å². The van der Waals surface area contributed by atoms with E-state index in [1.807, 2.05) is 6.07 Å². The van der Waals surface area contributed by atoms with Crippen molar-refractivity contribution in [3.05, 3.63) is 70.5 Å². The van der Waals surface area contributed by atoms with Crippen LogP contribution in [0.25, 0.3) is 0 Å². The highest BCUT2D eigenvalue weighted by molar-refractivity contribution is 5.94. The van der Waals surface area contributed by atoms with Gasteiger partial charge in [0.1, 0.15) is 5.82 Å². The van der Waals surface area contributed by atoms with E-state index < -0.39 is 11.9 Å². The van der Waals surface area contributed by atoms with Gasteiger partial charge < -0.3 is 10.2 Å². The number of carboxylic acids is 2. The first-order valence-corrected chi connectivity index (χ1v) is 8.36. The largest absolute Gasteiger partial charge is 0.478 e. The monoisotopic (exact) mass is 357 g/mol. The van der Waals surface area contributed by atoms with Gasteiger partial charge in [-0.15, -0.1) is 0 Å². The Balaban J connectivity index is 1.80. The fraction of sp³-hybridized carbons (Fsp3) is 0.300. The van der Waals surface area contributed by atoms with Crippen molar-refractivity contribution in [1.29, 1.82) is 0 Å². The van der Waals surface area contributed by atoms with E-state index in [-0.39, 0.29) is 22.4 Å². The van der Waals surface area contributed by atoms with Crippen LogP contribution in [-0.4, -0.2) is 40.1 Å². The Morgan fingerprint density at radius 3 is 2.35 bits per heavy atom. The summed E-state index contributed by atoms with van der Waals surface area (Å²) in [7, 11) is 0. The van der Waals surface area contributed by atoms with Gasteiger partial charge in [0.05, 0.1) is 11.1 Å². The van der Waals surface area contributed by atoms with Crippen LogP contribution in [0.2, 0.25) is 0 Å². The highest BCUT2D eigenvalue weighted by atomic mass is 19.1. The van der Waals surface area contributed by atoms with Crippen molar-refractivity contribution in [2.75, 3.05) is 13.1 Å². The molecule has 136 valence electrons. The number of likely N-dealkylation sites (tertiary alicyclic amines) is 1. The number of hydrogen-bond donors (Lipinski definition) is 2. The van der Waals surface area contributed by atoms with Crippen LogP contribution in [0.15, 0.2) is 42.5 Å². The van der Waals surface area contributed by atoms with Gasteiger partial charge >= 0.3 is 11.9 Å². The van der Waals surface area contributed by atoms with Crippen LogP contribution in [-0.2, 0) is 12.0 Å². The zero-order chi connectivity index (χ0) is 18.9. The number of nitrogens with zero attached hydrogens (tertiary/aromatic N) is 1. The molecule has 1 aliphatic heterocycles. The summed E-state index contributed by atoms with van der Waals surface area (Å²) < 4.78 is 13.5. The quantitative estimate of drug-likeness (QED) is 0.858. The third kappa shape index (κ3) is 3.75. The number of hydrogen-bond acceptors (Lipinski definition) is 3. The van der Waals surface area contributed by atoms with Crippen molar-refractivity contribution in [2.45, 2.75) is 25.3 Å². The Morgan fingerprint density at radius 2 is 1.77 bits per heavy atom. The number of rotatable bonds is 5. The molecule has 5 nitrogen and oxygen atoms in total.